The Morgan fingerprint density at radius 3 is 2.83 bits per heavy atom. The fourth-order valence-electron chi connectivity index (χ4n) is 4.06. The number of nitrogens with zero attached hydrogens (tertiary/aromatic N) is 2. The topological polar surface area (TPSA) is 57.9 Å². The molecule has 4 aromatic rings. The molecule has 0 amide bonds. The first-order valence-corrected chi connectivity index (χ1v) is 12.2. The third-order valence-electron chi connectivity index (χ3n) is 5.27. The minimum Gasteiger partial charge on any atom is -0.357 e. The molecule has 2 aromatic heterocycles. The smallest absolute Gasteiger partial charge is 0.186 e. The van der Waals surface area contributed by atoms with Gasteiger partial charge in [-0.25, -0.2) is 4.98 Å². The van der Waals surface area contributed by atoms with E-state index in [0.29, 0.717) is 12.5 Å². The standard InChI is InChI=1S/C21H20Cl2N4S2.ClH/c22-13-1-3-16-15(7-13)20-12(11-28-6-5-24)9-27(10-18(20)25-16)21-26-17-4-2-14(23)8-19(17)29-21;/h1-4,7-8,12,25H,5-6,9-11,24H2;1H. The maximum atomic E-state index is 6.31. The fourth-order valence-corrected chi connectivity index (χ4v) is 6.37. The van der Waals surface area contributed by atoms with Crippen LogP contribution in [-0.2, 0) is 6.54 Å². The summed E-state index contributed by atoms with van der Waals surface area (Å²) in [6.07, 6.45) is 0. The summed E-state index contributed by atoms with van der Waals surface area (Å²) >= 11 is 16.1. The van der Waals surface area contributed by atoms with Crippen LogP contribution < -0.4 is 10.6 Å². The SMILES string of the molecule is Cl.NCCSCC1CN(c2nc3ccc(Cl)cc3s2)Cc2[nH]c3ccc(Cl)cc3c21. The summed E-state index contributed by atoms with van der Waals surface area (Å²) in [5.74, 6) is 2.38. The van der Waals surface area contributed by atoms with Gasteiger partial charge in [-0.2, -0.15) is 11.8 Å². The van der Waals surface area contributed by atoms with Crippen LogP contribution in [0.3, 0.4) is 0 Å². The second kappa shape index (κ2) is 9.15. The monoisotopic (exact) mass is 498 g/mol. The van der Waals surface area contributed by atoms with Crippen LogP contribution in [0.1, 0.15) is 17.2 Å². The fraction of sp³-hybridized carbons (Fsp3) is 0.286. The van der Waals surface area contributed by atoms with E-state index in [1.807, 2.05) is 36.0 Å². The zero-order valence-electron chi connectivity index (χ0n) is 16.0. The lowest BCUT2D eigenvalue weighted by atomic mass is 9.93. The molecule has 0 fully saturated rings. The third-order valence-corrected chi connectivity index (χ3v) is 7.98. The van der Waals surface area contributed by atoms with E-state index in [4.69, 9.17) is 33.9 Å². The second-order valence-electron chi connectivity index (χ2n) is 7.26. The first-order valence-electron chi connectivity index (χ1n) is 9.51. The van der Waals surface area contributed by atoms with Gasteiger partial charge in [0.1, 0.15) is 0 Å². The number of hydrogen-bond donors (Lipinski definition) is 2. The van der Waals surface area contributed by atoms with Gasteiger partial charge in [0.2, 0.25) is 0 Å². The van der Waals surface area contributed by atoms with E-state index in [9.17, 15) is 0 Å². The van der Waals surface area contributed by atoms with Gasteiger partial charge in [-0.1, -0.05) is 34.5 Å². The zero-order chi connectivity index (χ0) is 20.0. The molecule has 9 heteroatoms. The Hall–Kier alpha value is -1.15. The summed E-state index contributed by atoms with van der Waals surface area (Å²) in [5, 5.41) is 3.80. The molecule has 0 radical (unpaired) electrons. The van der Waals surface area contributed by atoms with E-state index < -0.39 is 0 Å². The summed E-state index contributed by atoms with van der Waals surface area (Å²) in [7, 11) is 0. The highest BCUT2D eigenvalue weighted by molar-refractivity contribution is 7.99. The van der Waals surface area contributed by atoms with Crippen molar-refractivity contribution in [3.8, 4) is 0 Å². The van der Waals surface area contributed by atoms with Crippen molar-refractivity contribution in [2.24, 2.45) is 5.73 Å². The highest BCUT2D eigenvalue weighted by atomic mass is 35.5. The number of aromatic nitrogens is 2. The number of aromatic amines is 1. The number of rotatable bonds is 5. The predicted octanol–water partition coefficient (Wildman–Crippen LogP) is 6.30. The van der Waals surface area contributed by atoms with Crippen LogP contribution in [0, 0.1) is 0 Å². The molecular formula is C21H21Cl3N4S2. The van der Waals surface area contributed by atoms with Crippen molar-refractivity contribution in [2.75, 3.05) is 29.5 Å². The minimum atomic E-state index is 0. The van der Waals surface area contributed by atoms with Crippen molar-refractivity contribution < 1.29 is 0 Å². The maximum Gasteiger partial charge on any atom is 0.186 e. The van der Waals surface area contributed by atoms with Gasteiger partial charge in [-0.15, -0.1) is 12.4 Å². The molecule has 1 aliphatic rings. The molecule has 0 bridgehead atoms. The number of nitrogens with two attached hydrogens (primary N) is 1. The van der Waals surface area contributed by atoms with Crippen LogP contribution >= 0.6 is 58.7 Å². The minimum absolute atomic E-state index is 0. The lowest BCUT2D eigenvalue weighted by Crippen LogP contribution is -2.34. The van der Waals surface area contributed by atoms with Gasteiger partial charge >= 0.3 is 0 Å². The Morgan fingerprint density at radius 2 is 2.00 bits per heavy atom. The highest BCUT2D eigenvalue weighted by Gasteiger charge is 2.30. The lowest BCUT2D eigenvalue weighted by molar-refractivity contribution is 0.642. The van der Waals surface area contributed by atoms with Crippen molar-refractivity contribution in [1.29, 1.82) is 0 Å². The third kappa shape index (κ3) is 4.14. The number of anilines is 1. The molecule has 4 nitrogen and oxygen atoms in total. The molecule has 158 valence electrons. The van der Waals surface area contributed by atoms with E-state index in [1.165, 1.54) is 16.6 Å². The van der Waals surface area contributed by atoms with Gasteiger partial charge in [0.05, 0.1) is 16.8 Å². The average Bonchev–Trinajstić information content (AvgIpc) is 3.28. The first-order chi connectivity index (χ1) is 14.1. The van der Waals surface area contributed by atoms with Crippen LogP contribution in [0.15, 0.2) is 36.4 Å². The summed E-state index contributed by atoms with van der Waals surface area (Å²) < 4.78 is 1.12. The summed E-state index contributed by atoms with van der Waals surface area (Å²) in [4.78, 5) is 10.9. The van der Waals surface area contributed by atoms with Crippen LogP contribution in [0.25, 0.3) is 21.1 Å². The van der Waals surface area contributed by atoms with Crippen molar-refractivity contribution in [2.45, 2.75) is 12.5 Å². The largest absolute Gasteiger partial charge is 0.357 e. The average molecular weight is 500 g/mol. The molecule has 0 spiro atoms. The number of nitrogens with one attached hydrogen (secondary N) is 1. The molecule has 30 heavy (non-hydrogen) atoms. The number of hydrogen-bond acceptors (Lipinski definition) is 5. The molecule has 3 N–H and O–H groups in total. The molecule has 1 aliphatic heterocycles. The number of H-pyrrole nitrogens is 1. The van der Waals surface area contributed by atoms with E-state index in [-0.39, 0.29) is 12.4 Å². The Morgan fingerprint density at radius 1 is 1.20 bits per heavy atom. The van der Waals surface area contributed by atoms with Gasteiger partial charge in [-0.3, -0.25) is 0 Å². The molecule has 2 aromatic carbocycles. The molecule has 3 heterocycles. The van der Waals surface area contributed by atoms with Gasteiger partial charge in [0, 0.05) is 57.2 Å². The van der Waals surface area contributed by atoms with Gasteiger partial charge in [-0.05, 0) is 42.0 Å². The summed E-state index contributed by atoms with van der Waals surface area (Å²) in [6.45, 7) is 2.44. The molecule has 1 unspecified atom stereocenters. The zero-order valence-corrected chi connectivity index (χ0v) is 20.0. The first kappa shape index (κ1) is 22.1. The predicted molar refractivity (Wildman–Crippen MR) is 135 cm³/mol. The Kier molecular flexibility index (Phi) is 6.73. The Balaban J connectivity index is 0.00000218. The van der Waals surface area contributed by atoms with Crippen LogP contribution in [0.2, 0.25) is 10.0 Å². The molecule has 0 aliphatic carbocycles. The van der Waals surface area contributed by atoms with E-state index in [1.54, 1.807) is 11.3 Å². The maximum absolute atomic E-state index is 6.31. The van der Waals surface area contributed by atoms with E-state index in [2.05, 4.69) is 22.0 Å². The van der Waals surface area contributed by atoms with Gasteiger partial charge in [0.25, 0.3) is 0 Å². The number of benzene rings is 2. The molecular weight excluding hydrogens is 479 g/mol. The van der Waals surface area contributed by atoms with E-state index >= 15 is 0 Å². The van der Waals surface area contributed by atoms with Crippen molar-refractivity contribution in [3.63, 3.8) is 0 Å². The van der Waals surface area contributed by atoms with Gasteiger partial charge in [0.15, 0.2) is 5.13 Å². The number of halogens is 3. The van der Waals surface area contributed by atoms with Crippen molar-refractivity contribution >= 4 is 85.0 Å². The van der Waals surface area contributed by atoms with Crippen LogP contribution in [0.4, 0.5) is 5.13 Å². The summed E-state index contributed by atoms with van der Waals surface area (Å²) in [5.41, 5.74) is 10.5. The van der Waals surface area contributed by atoms with Crippen LogP contribution in [-0.4, -0.2) is 34.6 Å². The number of thiazole rings is 1. The number of fused-ring (bicyclic) bond motifs is 4. The van der Waals surface area contributed by atoms with Crippen molar-refractivity contribution in [3.05, 3.63) is 57.7 Å². The molecule has 0 saturated carbocycles. The van der Waals surface area contributed by atoms with Crippen molar-refractivity contribution in [1.82, 2.24) is 9.97 Å². The van der Waals surface area contributed by atoms with Crippen LogP contribution in [0.5, 0.6) is 0 Å². The highest BCUT2D eigenvalue weighted by Crippen LogP contribution is 2.40. The number of thioether (sulfide) groups is 1. The second-order valence-corrected chi connectivity index (χ2v) is 10.3. The quantitative estimate of drug-likeness (QED) is 0.316. The van der Waals surface area contributed by atoms with E-state index in [0.717, 1.165) is 55.5 Å². The van der Waals surface area contributed by atoms with Gasteiger partial charge < -0.3 is 15.6 Å². The normalized spacial score (nSPS) is 16.1. The summed E-state index contributed by atoms with van der Waals surface area (Å²) in [6, 6.07) is 12.0. The molecule has 5 rings (SSSR count). The lowest BCUT2D eigenvalue weighted by Gasteiger charge is -2.33. The molecule has 0 saturated heterocycles. The Labute approximate surface area is 199 Å². The Bertz CT molecular complexity index is 1190. The molecule has 1 atom stereocenters.